The summed E-state index contributed by atoms with van der Waals surface area (Å²) in [4.78, 5) is 32.4. The number of hydrogen-bond donors (Lipinski definition) is 1. The van der Waals surface area contributed by atoms with Gasteiger partial charge in [0, 0.05) is 23.5 Å². The highest BCUT2D eigenvalue weighted by Crippen LogP contribution is 2.24. The van der Waals surface area contributed by atoms with Crippen LogP contribution in [0.5, 0.6) is 5.75 Å². The minimum absolute atomic E-state index is 0.236. The highest BCUT2D eigenvalue weighted by Gasteiger charge is 2.31. The monoisotopic (exact) mass is 447 g/mol. The molecular formula is C24H21N3O4S. The smallest absolute Gasteiger partial charge is 0.286 e. The maximum atomic E-state index is 11.6. The number of ether oxygens (including phenoxy) is 1. The number of carbonyl (C=O) groups excluding carboxylic acids is 2. The molecule has 0 spiro atoms. The quantitative estimate of drug-likeness (QED) is 0.302. The molecule has 1 N–H and O–H groups in total. The lowest BCUT2D eigenvalue weighted by atomic mass is 10.1. The third kappa shape index (κ3) is 5.95. The van der Waals surface area contributed by atoms with Crippen molar-refractivity contribution in [3.05, 3.63) is 84.2 Å². The van der Waals surface area contributed by atoms with E-state index in [0.29, 0.717) is 25.4 Å². The lowest BCUT2D eigenvalue weighted by Crippen LogP contribution is -2.25. The first-order valence-corrected chi connectivity index (χ1v) is 10.9. The lowest BCUT2D eigenvalue weighted by molar-refractivity contribution is -0.118. The molecule has 0 radical (unpaired) electrons. The molecule has 1 saturated heterocycles. The first-order valence-electron chi connectivity index (χ1n) is 10.1. The molecule has 1 atom stereocenters. The van der Waals surface area contributed by atoms with E-state index in [0.717, 1.165) is 34.0 Å². The van der Waals surface area contributed by atoms with Crippen molar-refractivity contribution in [2.75, 3.05) is 13.2 Å². The Morgan fingerprint density at radius 1 is 1.00 bits per heavy atom. The molecule has 1 unspecified atom stereocenters. The van der Waals surface area contributed by atoms with Crippen LogP contribution in [0.15, 0.2) is 78.2 Å². The highest BCUT2D eigenvalue weighted by atomic mass is 32.2. The Hall–Kier alpha value is -3.65. The molecule has 0 aliphatic carbocycles. The van der Waals surface area contributed by atoms with Gasteiger partial charge >= 0.3 is 0 Å². The molecular weight excluding hydrogens is 426 g/mol. The molecule has 4 rings (SSSR count). The van der Waals surface area contributed by atoms with Crippen molar-refractivity contribution < 1.29 is 19.2 Å². The average Bonchev–Trinajstić information content (AvgIpc) is 3.14. The van der Waals surface area contributed by atoms with E-state index < -0.39 is 0 Å². The number of pyridine rings is 1. The molecule has 0 saturated carbocycles. The summed E-state index contributed by atoms with van der Waals surface area (Å²) in [6.07, 6.45) is 5.66. The molecule has 8 heteroatoms. The summed E-state index contributed by atoms with van der Waals surface area (Å²) in [5.41, 5.74) is 3.92. The molecule has 2 aromatic carbocycles. The van der Waals surface area contributed by atoms with Crippen molar-refractivity contribution in [2.45, 2.75) is 11.7 Å². The number of thioether (sulfide) groups is 1. The van der Waals surface area contributed by atoms with E-state index in [1.54, 1.807) is 12.4 Å². The number of benzene rings is 2. The number of amides is 2. The van der Waals surface area contributed by atoms with Gasteiger partial charge in [-0.1, -0.05) is 59.4 Å². The van der Waals surface area contributed by atoms with E-state index in [4.69, 9.17) is 9.57 Å². The summed E-state index contributed by atoms with van der Waals surface area (Å²) in [6.45, 7) is 0.638. The largest absolute Gasteiger partial charge is 0.490 e. The number of nitrogens with one attached hydrogen (secondary N) is 1. The van der Waals surface area contributed by atoms with E-state index in [-0.39, 0.29) is 16.4 Å². The lowest BCUT2D eigenvalue weighted by Gasteiger charge is -2.08. The topological polar surface area (TPSA) is 89.9 Å². The minimum atomic E-state index is -0.371. The molecule has 1 aromatic heterocycles. The fourth-order valence-corrected chi connectivity index (χ4v) is 3.99. The third-order valence-electron chi connectivity index (χ3n) is 4.70. The van der Waals surface area contributed by atoms with Gasteiger partial charge < -0.3 is 9.57 Å². The van der Waals surface area contributed by atoms with Crippen molar-refractivity contribution >= 4 is 29.1 Å². The van der Waals surface area contributed by atoms with Gasteiger partial charge in [-0.25, -0.2) is 0 Å². The highest BCUT2D eigenvalue weighted by molar-refractivity contribution is 8.15. The number of hydrogen-bond acceptors (Lipinski definition) is 7. The van der Waals surface area contributed by atoms with Gasteiger partial charge in [-0.2, -0.15) is 0 Å². The summed E-state index contributed by atoms with van der Waals surface area (Å²) in [5.74, 6) is 0.460. The Kier molecular flexibility index (Phi) is 7.14. The van der Waals surface area contributed by atoms with Crippen molar-refractivity contribution in [2.24, 2.45) is 5.16 Å². The Bertz CT molecular complexity index is 1100. The maximum Gasteiger partial charge on any atom is 0.286 e. The molecule has 1 aliphatic rings. The fraction of sp³-hybridized carbons (Fsp3) is 0.167. The van der Waals surface area contributed by atoms with Crippen LogP contribution in [0.1, 0.15) is 11.1 Å². The molecule has 2 heterocycles. The normalized spacial score (nSPS) is 15.7. The van der Waals surface area contributed by atoms with Crippen LogP contribution in [-0.4, -0.2) is 40.8 Å². The molecule has 1 fully saturated rings. The van der Waals surface area contributed by atoms with E-state index in [2.05, 4.69) is 15.5 Å². The van der Waals surface area contributed by atoms with Crippen molar-refractivity contribution in [1.29, 1.82) is 0 Å². The molecule has 3 aromatic rings. The Balaban J connectivity index is 1.19. The van der Waals surface area contributed by atoms with Crippen LogP contribution in [-0.2, 0) is 16.1 Å². The first kappa shape index (κ1) is 21.6. The van der Waals surface area contributed by atoms with Gasteiger partial charge in [0.05, 0.1) is 11.5 Å². The number of imide groups is 1. The molecule has 162 valence electrons. The number of aromatic nitrogens is 1. The standard InChI is InChI=1S/C24H21N3O4S/c28-23-22(32-24(29)27-23)13-17-6-8-21(9-7-17)30-10-11-31-26-15-18-12-20(16-25-14-18)19-4-2-1-3-5-19/h1-9,12,14-16,22H,10-11,13H2,(H,27,28,29). The second-order valence-electron chi connectivity index (χ2n) is 7.02. The molecule has 32 heavy (non-hydrogen) atoms. The second kappa shape index (κ2) is 10.6. The van der Waals surface area contributed by atoms with Crippen LogP contribution in [0.2, 0.25) is 0 Å². The first-order chi connectivity index (χ1) is 15.7. The zero-order valence-electron chi connectivity index (χ0n) is 17.1. The number of oxime groups is 1. The zero-order chi connectivity index (χ0) is 22.2. The van der Waals surface area contributed by atoms with E-state index in [1.807, 2.05) is 66.9 Å². The van der Waals surface area contributed by atoms with Gasteiger partial charge in [-0.15, -0.1) is 0 Å². The van der Waals surface area contributed by atoms with Crippen LogP contribution in [0, 0.1) is 0 Å². The Morgan fingerprint density at radius 2 is 1.81 bits per heavy atom. The summed E-state index contributed by atoms with van der Waals surface area (Å²) in [5, 5.41) is 5.61. The van der Waals surface area contributed by atoms with Crippen molar-refractivity contribution in [1.82, 2.24) is 10.3 Å². The summed E-state index contributed by atoms with van der Waals surface area (Å²) < 4.78 is 5.65. The van der Waals surface area contributed by atoms with Gasteiger partial charge in [-0.05, 0) is 35.7 Å². The van der Waals surface area contributed by atoms with E-state index in [1.165, 1.54) is 0 Å². The van der Waals surface area contributed by atoms with Crippen molar-refractivity contribution in [3.63, 3.8) is 0 Å². The zero-order valence-corrected chi connectivity index (χ0v) is 18.0. The number of carbonyl (C=O) groups is 2. The fourth-order valence-electron chi connectivity index (χ4n) is 3.13. The van der Waals surface area contributed by atoms with Gasteiger partial charge in [0.1, 0.15) is 12.4 Å². The molecule has 7 nitrogen and oxygen atoms in total. The van der Waals surface area contributed by atoms with Crippen LogP contribution in [0.4, 0.5) is 4.79 Å². The van der Waals surface area contributed by atoms with E-state index >= 15 is 0 Å². The minimum Gasteiger partial charge on any atom is -0.490 e. The van der Waals surface area contributed by atoms with Gasteiger partial charge in [0.15, 0.2) is 6.61 Å². The van der Waals surface area contributed by atoms with Crippen LogP contribution in [0.3, 0.4) is 0 Å². The molecule has 1 aliphatic heterocycles. The second-order valence-corrected chi connectivity index (χ2v) is 8.20. The maximum absolute atomic E-state index is 11.6. The predicted octanol–water partition coefficient (Wildman–Crippen LogP) is 4.07. The van der Waals surface area contributed by atoms with Crippen LogP contribution in [0.25, 0.3) is 11.1 Å². The Labute approximate surface area is 189 Å². The summed E-state index contributed by atoms with van der Waals surface area (Å²) >= 11 is 1.03. The van der Waals surface area contributed by atoms with Gasteiger partial charge in [-0.3, -0.25) is 19.9 Å². The number of rotatable bonds is 9. The van der Waals surface area contributed by atoms with Gasteiger partial charge in [0.25, 0.3) is 5.24 Å². The molecule has 0 bridgehead atoms. The summed E-state index contributed by atoms with van der Waals surface area (Å²) in [6, 6.07) is 19.5. The van der Waals surface area contributed by atoms with Crippen LogP contribution < -0.4 is 10.1 Å². The van der Waals surface area contributed by atoms with E-state index in [9.17, 15) is 9.59 Å². The third-order valence-corrected chi connectivity index (χ3v) is 5.68. The van der Waals surface area contributed by atoms with Crippen molar-refractivity contribution in [3.8, 4) is 16.9 Å². The average molecular weight is 448 g/mol. The number of nitrogens with zero attached hydrogens (tertiary/aromatic N) is 2. The Morgan fingerprint density at radius 3 is 2.56 bits per heavy atom. The van der Waals surface area contributed by atoms with Crippen LogP contribution >= 0.6 is 11.8 Å². The predicted molar refractivity (Wildman–Crippen MR) is 124 cm³/mol. The summed E-state index contributed by atoms with van der Waals surface area (Å²) in [7, 11) is 0. The molecule has 2 amide bonds. The van der Waals surface area contributed by atoms with Gasteiger partial charge in [0.2, 0.25) is 5.91 Å². The SMILES string of the molecule is O=C1NC(=O)C(Cc2ccc(OCCON=Cc3cncc(-c4ccccc4)c3)cc2)S1.